The maximum Gasteiger partial charge on any atom is 0.227 e. The van der Waals surface area contributed by atoms with Crippen LogP contribution >= 0.6 is 0 Å². The minimum Gasteiger partial charge on any atom is -0.339 e. The third-order valence-electron chi connectivity index (χ3n) is 3.17. The van der Waals surface area contributed by atoms with Gasteiger partial charge in [-0.15, -0.1) is 0 Å². The number of halogens is 1. The molecular weight excluding hydrogens is 229 g/mol. The Morgan fingerprint density at radius 3 is 2.61 bits per heavy atom. The van der Waals surface area contributed by atoms with Crippen molar-refractivity contribution in [3.63, 3.8) is 0 Å². The largest absolute Gasteiger partial charge is 0.339 e. The molecule has 0 unspecified atom stereocenters. The van der Waals surface area contributed by atoms with Gasteiger partial charge < -0.3 is 4.90 Å². The molecule has 2 rings (SSSR count). The minimum absolute atomic E-state index is 0.0521. The molecule has 1 fully saturated rings. The van der Waals surface area contributed by atoms with Crippen molar-refractivity contribution in [3.05, 3.63) is 35.6 Å². The van der Waals surface area contributed by atoms with E-state index in [1.54, 1.807) is 18.2 Å². The van der Waals surface area contributed by atoms with Crippen molar-refractivity contribution in [3.8, 4) is 0 Å². The summed E-state index contributed by atoms with van der Waals surface area (Å²) in [6.07, 6.45) is 2.36. The molecule has 0 N–H and O–H groups in total. The Hall–Kier alpha value is -1.38. The number of carbonyl (C=O) groups excluding carboxylic acids is 1. The number of hydrogen-bond acceptors (Lipinski definition) is 1. The molecule has 2 nitrogen and oxygen atoms in total. The lowest BCUT2D eigenvalue weighted by Crippen LogP contribution is -2.37. The highest BCUT2D eigenvalue weighted by Gasteiger charge is 2.32. The molecule has 18 heavy (non-hydrogen) atoms. The monoisotopic (exact) mass is 249 g/mol. The first-order chi connectivity index (χ1) is 8.58. The molecule has 1 aromatic carbocycles. The number of rotatable bonds is 5. The Balaban J connectivity index is 2.03. The van der Waals surface area contributed by atoms with Crippen LogP contribution in [0.25, 0.3) is 0 Å². The van der Waals surface area contributed by atoms with E-state index < -0.39 is 0 Å². The summed E-state index contributed by atoms with van der Waals surface area (Å²) in [5.41, 5.74) is 0.497. The highest BCUT2D eigenvalue weighted by Crippen LogP contribution is 2.28. The maximum absolute atomic E-state index is 13.5. The van der Waals surface area contributed by atoms with Gasteiger partial charge in [-0.3, -0.25) is 4.79 Å². The van der Waals surface area contributed by atoms with Gasteiger partial charge in [-0.25, -0.2) is 4.39 Å². The Kier molecular flexibility index (Phi) is 4.00. The van der Waals surface area contributed by atoms with Gasteiger partial charge in [-0.1, -0.05) is 32.0 Å². The van der Waals surface area contributed by atoms with Crippen molar-refractivity contribution >= 4 is 5.91 Å². The van der Waals surface area contributed by atoms with E-state index in [4.69, 9.17) is 0 Å². The molecule has 0 heterocycles. The van der Waals surface area contributed by atoms with E-state index in [1.807, 2.05) is 4.90 Å². The minimum atomic E-state index is -0.286. The molecule has 3 heteroatoms. The standard InChI is InChI=1S/C15H20FNO/c1-11(2)10-17(13-7-8-13)15(18)9-12-5-3-4-6-14(12)16/h3-6,11,13H,7-10H2,1-2H3. The molecule has 98 valence electrons. The molecule has 0 radical (unpaired) electrons. The fourth-order valence-corrected chi connectivity index (χ4v) is 2.14. The average Bonchev–Trinajstić information content (AvgIpc) is 3.12. The molecule has 0 bridgehead atoms. The van der Waals surface area contributed by atoms with Crippen molar-refractivity contribution in [1.29, 1.82) is 0 Å². The van der Waals surface area contributed by atoms with Gasteiger partial charge in [0, 0.05) is 12.6 Å². The Morgan fingerprint density at radius 1 is 1.39 bits per heavy atom. The summed E-state index contributed by atoms with van der Waals surface area (Å²) in [5.74, 6) is 0.220. The van der Waals surface area contributed by atoms with Gasteiger partial charge in [0.2, 0.25) is 5.91 Å². The second-order valence-corrected chi connectivity index (χ2v) is 5.44. The van der Waals surface area contributed by atoms with Crippen molar-refractivity contribution in [1.82, 2.24) is 4.90 Å². The first-order valence-corrected chi connectivity index (χ1v) is 6.61. The van der Waals surface area contributed by atoms with Gasteiger partial charge in [0.05, 0.1) is 6.42 Å². The van der Waals surface area contributed by atoms with Gasteiger partial charge in [-0.05, 0) is 30.4 Å². The third-order valence-corrected chi connectivity index (χ3v) is 3.17. The van der Waals surface area contributed by atoms with Crippen LogP contribution in [0.5, 0.6) is 0 Å². The molecule has 1 saturated carbocycles. The van der Waals surface area contributed by atoms with Crippen molar-refractivity contribution in [2.45, 2.75) is 39.2 Å². The van der Waals surface area contributed by atoms with Gasteiger partial charge in [0.25, 0.3) is 0 Å². The second kappa shape index (κ2) is 5.51. The van der Waals surface area contributed by atoms with Crippen LogP contribution in [0, 0.1) is 11.7 Å². The summed E-state index contributed by atoms with van der Waals surface area (Å²) in [6, 6.07) is 6.91. The Bertz CT molecular complexity index is 426. The summed E-state index contributed by atoms with van der Waals surface area (Å²) in [5, 5.41) is 0. The molecule has 1 aliphatic rings. The first-order valence-electron chi connectivity index (χ1n) is 6.61. The van der Waals surface area contributed by atoms with Gasteiger partial charge in [0.15, 0.2) is 0 Å². The summed E-state index contributed by atoms with van der Waals surface area (Å²) < 4.78 is 13.5. The number of nitrogens with zero attached hydrogens (tertiary/aromatic N) is 1. The summed E-state index contributed by atoms with van der Waals surface area (Å²) >= 11 is 0. The van der Waals surface area contributed by atoms with Crippen LogP contribution in [0.3, 0.4) is 0 Å². The van der Waals surface area contributed by atoms with Gasteiger partial charge in [-0.2, -0.15) is 0 Å². The molecule has 1 aliphatic carbocycles. The SMILES string of the molecule is CC(C)CN(C(=O)Cc1ccccc1F)C1CC1. The number of benzene rings is 1. The van der Waals surface area contributed by atoms with Crippen LogP contribution in [-0.4, -0.2) is 23.4 Å². The van der Waals surface area contributed by atoms with Crippen LogP contribution in [0.15, 0.2) is 24.3 Å². The van der Waals surface area contributed by atoms with Crippen LogP contribution in [0.1, 0.15) is 32.3 Å². The smallest absolute Gasteiger partial charge is 0.227 e. The van der Waals surface area contributed by atoms with Gasteiger partial charge in [0.1, 0.15) is 5.82 Å². The summed E-state index contributed by atoms with van der Waals surface area (Å²) in [7, 11) is 0. The maximum atomic E-state index is 13.5. The molecule has 0 atom stereocenters. The van der Waals surface area contributed by atoms with Gasteiger partial charge >= 0.3 is 0 Å². The molecule has 1 amide bonds. The van der Waals surface area contributed by atoms with Crippen molar-refractivity contribution < 1.29 is 9.18 Å². The number of amides is 1. The molecular formula is C15H20FNO. The quantitative estimate of drug-likeness (QED) is 0.785. The average molecular weight is 249 g/mol. The van der Waals surface area contributed by atoms with E-state index in [0.29, 0.717) is 17.5 Å². The van der Waals surface area contributed by atoms with Crippen molar-refractivity contribution in [2.24, 2.45) is 5.92 Å². The molecule has 0 aromatic heterocycles. The van der Waals surface area contributed by atoms with E-state index in [0.717, 1.165) is 19.4 Å². The van der Waals surface area contributed by atoms with E-state index in [2.05, 4.69) is 13.8 Å². The fraction of sp³-hybridized carbons (Fsp3) is 0.533. The van der Waals surface area contributed by atoms with Crippen LogP contribution in [0.2, 0.25) is 0 Å². The molecule has 0 aliphatic heterocycles. The van der Waals surface area contributed by atoms with Crippen LogP contribution in [0.4, 0.5) is 4.39 Å². The van der Waals surface area contributed by atoms with E-state index >= 15 is 0 Å². The van der Waals surface area contributed by atoms with Crippen molar-refractivity contribution in [2.75, 3.05) is 6.54 Å². The van der Waals surface area contributed by atoms with Crippen LogP contribution < -0.4 is 0 Å². The molecule has 0 spiro atoms. The lowest BCUT2D eigenvalue weighted by Gasteiger charge is -2.24. The Labute approximate surface area is 108 Å². The Morgan fingerprint density at radius 2 is 2.06 bits per heavy atom. The lowest BCUT2D eigenvalue weighted by molar-refractivity contribution is -0.131. The lowest BCUT2D eigenvalue weighted by atomic mass is 10.1. The second-order valence-electron chi connectivity index (χ2n) is 5.44. The van der Waals surface area contributed by atoms with E-state index in [-0.39, 0.29) is 18.1 Å². The molecule has 0 saturated heterocycles. The normalized spacial score (nSPS) is 14.9. The zero-order chi connectivity index (χ0) is 13.1. The predicted octanol–water partition coefficient (Wildman–Crippen LogP) is 3.02. The highest BCUT2D eigenvalue weighted by molar-refractivity contribution is 5.79. The van der Waals surface area contributed by atoms with Crippen LogP contribution in [-0.2, 0) is 11.2 Å². The fourth-order valence-electron chi connectivity index (χ4n) is 2.14. The predicted molar refractivity (Wildman–Crippen MR) is 69.7 cm³/mol. The molecule has 1 aromatic rings. The zero-order valence-corrected chi connectivity index (χ0v) is 11.0. The summed E-state index contributed by atoms with van der Waals surface area (Å²) in [6.45, 7) is 4.98. The van der Waals surface area contributed by atoms with E-state index in [1.165, 1.54) is 6.07 Å². The summed E-state index contributed by atoms with van der Waals surface area (Å²) in [4.78, 5) is 14.2. The zero-order valence-electron chi connectivity index (χ0n) is 11.0. The third kappa shape index (κ3) is 3.31. The topological polar surface area (TPSA) is 20.3 Å². The first kappa shape index (κ1) is 13.1. The number of hydrogen-bond donors (Lipinski definition) is 0. The highest BCUT2D eigenvalue weighted by atomic mass is 19.1. The van der Waals surface area contributed by atoms with E-state index in [9.17, 15) is 9.18 Å². The number of carbonyl (C=O) groups is 1.